The molecular weight excluding hydrogens is 553 g/mol. The maximum absolute atomic E-state index is 13.9. The first-order chi connectivity index (χ1) is 19.3. The Hall–Kier alpha value is -3.62. The summed E-state index contributed by atoms with van der Waals surface area (Å²) in [5.41, 5.74) is 2.16. The average molecular weight is 585 g/mol. The normalized spacial score (nSPS) is 20.0. The first-order valence-corrected chi connectivity index (χ1v) is 13.8. The van der Waals surface area contributed by atoms with Crippen molar-refractivity contribution in [3.05, 3.63) is 75.8 Å². The number of rotatable bonds is 7. The predicted molar refractivity (Wildman–Crippen MR) is 156 cm³/mol. The molecule has 2 unspecified atom stereocenters. The molecule has 3 aromatic rings. The molecule has 3 aromatic carbocycles. The number of anilines is 2. The van der Waals surface area contributed by atoms with Crippen LogP contribution in [-0.2, 0) is 16.6 Å². The molecular formula is C30H31Cl2N3O5. The minimum absolute atomic E-state index is 0.0957. The fourth-order valence-corrected chi connectivity index (χ4v) is 6.36. The highest BCUT2D eigenvalue weighted by atomic mass is 35.5. The van der Waals surface area contributed by atoms with Crippen LogP contribution in [0.4, 0.5) is 16.2 Å². The standard InChI is InChI=1S/C30H31Cl2N3O5/c1-38-25-14-22(15-26(39-2)27(25)40-3)33-29(37)35-11-5-7-19(17-35)30(16-18-6-4-8-20(31)12-18)23-10-9-21(32)13-24(23)34-28(30)36/h4,6,8-10,12-15,19H,5,7,11,16-17H2,1-3H3,(H,33,37)(H,34,36). The third-order valence-corrected chi connectivity index (χ3v) is 8.28. The summed E-state index contributed by atoms with van der Waals surface area (Å²) in [5.74, 6) is 1.07. The molecule has 2 aliphatic rings. The molecule has 0 aromatic heterocycles. The van der Waals surface area contributed by atoms with Gasteiger partial charge < -0.3 is 29.7 Å². The van der Waals surface area contributed by atoms with Gasteiger partial charge in [0.1, 0.15) is 0 Å². The zero-order chi connectivity index (χ0) is 28.4. The number of carbonyl (C=O) groups is 2. The zero-order valence-corrected chi connectivity index (χ0v) is 24.1. The van der Waals surface area contributed by atoms with Gasteiger partial charge in [-0.3, -0.25) is 4.79 Å². The number of nitrogens with zero attached hydrogens (tertiary/aromatic N) is 1. The maximum Gasteiger partial charge on any atom is 0.321 e. The van der Waals surface area contributed by atoms with E-state index in [2.05, 4.69) is 10.6 Å². The second-order valence-corrected chi connectivity index (χ2v) is 10.9. The lowest BCUT2D eigenvalue weighted by Gasteiger charge is -2.42. The van der Waals surface area contributed by atoms with E-state index < -0.39 is 5.41 Å². The number of nitrogens with one attached hydrogen (secondary N) is 2. The van der Waals surface area contributed by atoms with E-state index in [-0.39, 0.29) is 17.9 Å². The number of amides is 3. The maximum atomic E-state index is 13.9. The Balaban J connectivity index is 1.46. The molecule has 1 saturated heterocycles. The van der Waals surface area contributed by atoms with Crippen molar-refractivity contribution in [3.63, 3.8) is 0 Å². The first kappa shape index (κ1) is 27.9. The van der Waals surface area contributed by atoms with Crippen LogP contribution in [0.15, 0.2) is 54.6 Å². The Morgan fingerprint density at radius 2 is 1.75 bits per heavy atom. The highest BCUT2D eigenvalue weighted by Gasteiger charge is 2.53. The second-order valence-electron chi connectivity index (χ2n) is 10.1. The molecule has 0 bridgehead atoms. The molecule has 2 atom stereocenters. The Bertz CT molecular complexity index is 1420. The van der Waals surface area contributed by atoms with Gasteiger partial charge in [-0.15, -0.1) is 0 Å². The van der Waals surface area contributed by atoms with Crippen LogP contribution >= 0.6 is 23.2 Å². The van der Waals surface area contributed by atoms with Gasteiger partial charge in [0.25, 0.3) is 0 Å². The molecule has 1 fully saturated rings. The number of hydrogen-bond acceptors (Lipinski definition) is 5. The summed E-state index contributed by atoms with van der Waals surface area (Å²) >= 11 is 12.6. The van der Waals surface area contributed by atoms with E-state index in [0.29, 0.717) is 58.2 Å². The minimum atomic E-state index is -0.893. The van der Waals surface area contributed by atoms with Crippen LogP contribution in [0.1, 0.15) is 24.0 Å². The Morgan fingerprint density at radius 3 is 2.42 bits per heavy atom. The Labute approximate surface area is 243 Å². The number of halogens is 2. The van der Waals surface area contributed by atoms with E-state index in [1.165, 1.54) is 21.3 Å². The fraction of sp³-hybridized carbons (Fsp3) is 0.333. The summed E-state index contributed by atoms with van der Waals surface area (Å²) in [4.78, 5) is 29.2. The molecule has 0 aliphatic carbocycles. The van der Waals surface area contributed by atoms with Crippen LogP contribution in [0.5, 0.6) is 17.2 Å². The van der Waals surface area contributed by atoms with Crippen molar-refractivity contribution in [1.82, 2.24) is 4.90 Å². The largest absolute Gasteiger partial charge is 0.493 e. The minimum Gasteiger partial charge on any atom is -0.493 e. The van der Waals surface area contributed by atoms with Gasteiger partial charge in [-0.25, -0.2) is 4.79 Å². The van der Waals surface area contributed by atoms with Crippen LogP contribution in [0.3, 0.4) is 0 Å². The molecule has 0 radical (unpaired) electrons. The van der Waals surface area contributed by atoms with Crippen molar-refractivity contribution >= 4 is 46.5 Å². The molecule has 2 aliphatic heterocycles. The number of benzene rings is 3. The first-order valence-electron chi connectivity index (χ1n) is 13.0. The predicted octanol–water partition coefficient (Wildman–Crippen LogP) is 6.40. The molecule has 40 heavy (non-hydrogen) atoms. The quantitative estimate of drug-likeness (QED) is 0.336. The Morgan fingerprint density at radius 1 is 1.02 bits per heavy atom. The highest BCUT2D eigenvalue weighted by molar-refractivity contribution is 6.31. The number of likely N-dealkylation sites (tertiary alicyclic amines) is 1. The summed E-state index contributed by atoms with van der Waals surface area (Å²) in [7, 11) is 4.57. The van der Waals surface area contributed by atoms with Crippen molar-refractivity contribution in [3.8, 4) is 17.2 Å². The van der Waals surface area contributed by atoms with Gasteiger partial charge in [-0.2, -0.15) is 0 Å². The fourth-order valence-electron chi connectivity index (χ4n) is 5.98. The third-order valence-electron chi connectivity index (χ3n) is 7.81. The van der Waals surface area contributed by atoms with Crippen LogP contribution in [0.2, 0.25) is 10.0 Å². The lowest BCUT2D eigenvalue weighted by Crippen LogP contribution is -2.52. The Kier molecular flexibility index (Phi) is 8.01. The van der Waals surface area contributed by atoms with Crippen LogP contribution < -0.4 is 24.8 Å². The monoisotopic (exact) mass is 583 g/mol. The summed E-state index contributed by atoms with van der Waals surface area (Å²) in [5, 5.41) is 7.19. The molecule has 210 valence electrons. The molecule has 0 spiro atoms. The van der Waals surface area contributed by atoms with Gasteiger partial charge in [0.2, 0.25) is 11.7 Å². The third kappa shape index (κ3) is 5.13. The van der Waals surface area contributed by atoms with E-state index in [1.807, 2.05) is 36.4 Å². The van der Waals surface area contributed by atoms with E-state index in [1.54, 1.807) is 23.1 Å². The smallest absolute Gasteiger partial charge is 0.321 e. The van der Waals surface area contributed by atoms with E-state index in [9.17, 15) is 9.59 Å². The molecule has 0 saturated carbocycles. The van der Waals surface area contributed by atoms with Crippen molar-refractivity contribution in [2.75, 3.05) is 45.1 Å². The molecule has 8 nitrogen and oxygen atoms in total. The topological polar surface area (TPSA) is 89.1 Å². The number of methoxy groups -OCH3 is 3. The SMILES string of the molecule is COc1cc(NC(=O)N2CCCC(C3(Cc4cccc(Cl)c4)C(=O)Nc4cc(Cl)ccc43)C2)cc(OC)c1OC. The zero-order valence-electron chi connectivity index (χ0n) is 22.6. The van der Waals surface area contributed by atoms with Crippen molar-refractivity contribution in [1.29, 1.82) is 0 Å². The van der Waals surface area contributed by atoms with Crippen molar-refractivity contribution in [2.45, 2.75) is 24.7 Å². The summed E-state index contributed by atoms with van der Waals surface area (Å²) < 4.78 is 16.3. The molecule has 2 heterocycles. The van der Waals surface area contributed by atoms with Gasteiger partial charge >= 0.3 is 6.03 Å². The lowest BCUT2D eigenvalue weighted by atomic mass is 9.65. The average Bonchev–Trinajstić information content (AvgIpc) is 3.22. The van der Waals surface area contributed by atoms with Gasteiger partial charge in [-0.05, 0) is 60.6 Å². The van der Waals surface area contributed by atoms with Crippen LogP contribution in [0, 0.1) is 5.92 Å². The van der Waals surface area contributed by atoms with E-state index >= 15 is 0 Å². The number of piperidine rings is 1. The van der Waals surface area contributed by atoms with E-state index in [0.717, 1.165) is 24.0 Å². The number of carbonyl (C=O) groups excluding carboxylic acids is 2. The molecule has 3 amide bonds. The summed E-state index contributed by atoms with van der Waals surface area (Å²) in [6.07, 6.45) is 1.98. The molecule has 2 N–H and O–H groups in total. The van der Waals surface area contributed by atoms with Crippen LogP contribution in [-0.4, -0.2) is 51.3 Å². The number of hydrogen-bond donors (Lipinski definition) is 2. The number of fused-ring (bicyclic) bond motifs is 1. The van der Waals surface area contributed by atoms with E-state index in [4.69, 9.17) is 37.4 Å². The van der Waals surface area contributed by atoms with Gasteiger partial charge in [0.15, 0.2) is 11.5 Å². The number of urea groups is 1. The number of ether oxygens (including phenoxy) is 3. The molecule has 5 rings (SSSR count). The molecule has 10 heteroatoms. The van der Waals surface area contributed by atoms with Crippen molar-refractivity contribution in [2.24, 2.45) is 5.92 Å². The highest BCUT2D eigenvalue weighted by Crippen LogP contribution is 2.49. The lowest BCUT2D eigenvalue weighted by molar-refractivity contribution is -0.123. The summed E-state index contributed by atoms with van der Waals surface area (Å²) in [6.45, 7) is 0.960. The van der Waals surface area contributed by atoms with Crippen LogP contribution in [0.25, 0.3) is 0 Å². The van der Waals surface area contributed by atoms with Gasteiger partial charge in [0.05, 0.1) is 32.4 Å². The van der Waals surface area contributed by atoms with Gasteiger partial charge in [-0.1, -0.05) is 41.4 Å². The van der Waals surface area contributed by atoms with Crippen molar-refractivity contribution < 1.29 is 23.8 Å². The van der Waals surface area contributed by atoms with Gasteiger partial charge in [0, 0.05) is 41.0 Å². The summed E-state index contributed by atoms with van der Waals surface area (Å²) in [6, 6.07) is 16.2. The second kappa shape index (κ2) is 11.5.